The van der Waals surface area contributed by atoms with Crippen LogP contribution in [0.3, 0.4) is 0 Å². The average Bonchev–Trinajstić information content (AvgIpc) is 2.19. The summed E-state index contributed by atoms with van der Waals surface area (Å²) in [6, 6.07) is 0.410. The SMILES string of the molecule is CC(C)(N)C(=O)NC1C2CCCC3(C2)CC1C3. The average molecular weight is 236 g/mol. The van der Waals surface area contributed by atoms with E-state index in [2.05, 4.69) is 5.32 Å². The molecule has 17 heavy (non-hydrogen) atoms. The van der Waals surface area contributed by atoms with Crippen molar-refractivity contribution in [2.24, 2.45) is 23.0 Å². The second-order valence-electron chi connectivity index (χ2n) is 7.25. The Morgan fingerprint density at radius 1 is 1.29 bits per heavy atom. The first kappa shape index (κ1) is 11.5. The Morgan fingerprint density at radius 2 is 1.94 bits per heavy atom. The van der Waals surface area contributed by atoms with Gasteiger partial charge in [0.2, 0.25) is 5.91 Å². The van der Waals surface area contributed by atoms with Crippen molar-refractivity contribution in [3.63, 3.8) is 0 Å². The largest absolute Gasteiger partial charge is 0.351 e. The van der Waals surface area contributed by atoms with E-state index >= 15 is 0 Å². The summed E-state index contributed by atoms with van der Waals surface area (Å²) < 4.78 is 0. The van der Waals surface area contributed by atoms with E-state index in [-0.39, 0.29) is 5.91 Å². The molecular formula is C14H24N2O. The molecule has 1 amide bonds. The van der Waals surface area contributed by atoms with Crippen molar-refractivity contribution in [1.29, 1.82) is 0 Å². The molecule has 2 atom stereocenters. The lowest BCUT2D eigenvalue weighted by molar-refractivity contribution is -0.135. The highest BCUT2D eigenvalue weighted by atomic mass is 16.2. The zero-order valence-corrected chi connectivity index (χ0v) is 11.0. The van der Waals surface area contributed by atoms with Crippen molar-refractivity contribution < 1.29 is 4.79 Å². The Morgan fingerprint density at radius 3 is 2.59 bits per heavy atom. The summed E-state index contributed by atoms with van der Waals surface area (Å²) in [5, 5.41) is 3.23. The molecule has 3 nitrogen and oxygen atoms in total. The molecule has 0 aromatic heterocycles. The summed E-state index contributed by atoms with van der Waals surface area (Å²) >= 11 is 0. The lowest BCUT2D eigenvalue weighted by Gasteiger charge is -2.62. The highest BCUT2D eigenvalue weighted by molar-refractivity contribution is 5.85. The number of hydrogen-bond donors (Lipinski definition) is 2. The zero-order valence-electron chi connectivity index (χ0n) is 11.0. The number of nitrogens with one attached hydrogen (secondary N) is 1. The Labute approximate surface area is 104 Å². The van der Waals surface area contributed by atoms with E-state index in [1.807, 2.05) is 0 Å². The van der Waals surface area contributed by atoms with Crippen LogP contribution in [0.25, 0.3) is 0 Å². The summed E-state index contributed by atoms with van der Waals surface area (Å²) in [4.78, 5) is 12.0. The quantitative estimate of drug-likeness (QED) is 0.768. The minimum atomic E-state index is -0.743. The first-order chi connectivity index (χ1) is 7.90. The Hall–Kier alpha value is -0.570. The summed E-state index contributed by atoms with van der Waals surface area (Å²) in [7, 11) is 0. The number of amides is 1. The van der Waals surface area contributed by atoms with Crippen LogP contribution in [0.15, 0.2) is 0 Å². The Kier molecular flexibility index (Phi) is 2.35. The third-order valence-corrected chi connectivity index (χ3v) is 5.27. The second kappa shape index (κ2) is 3.47. The van der Waals surface area contributed by atoms with Crippen molar-refractivity contribution in [2.45, 2.75) is 64.0 Å². The van der Waals surface area contributed by atoms with Crippen LogP contribution in [0.5, 0.6) is 0 Å². The first-order valence-electron chi connectivity index (χ1n) is 7.00. The molecule has 2 unspecified atom stereocenters. The number of carbonyl (C=O) groups is 1. The summed E-state index contributed by atoms with van der Waals surface area (Å²) in [6.45, 7) is 3.58. The molecule has 0 heterocycles. The number of carbonyl (C=O) groups excluding carboxylic acids is 1. The maximum Gasteiger partial charge on any atom is 0.239 e. The molecule has 4 aliphatic rings. The van der Waals surface area contributed by atoms with Gasteiger partial charge >= 0.3 is 0 Å². The van der Waals surface area contributed by atoms with Gasteiger partial charge in [0.1, 0.15) is 0 Å². The van der Waals surface area contributed by atoms with E-state index in [0.29, 0.717) is 11.5 Å². The molecule has 4 aliphatic carbocycles. The molecule has 0 radical (unpaired) electrons. The molecule has 1 spiro atoms. The maximum atomic E-state index is 12.0. The van der Waals surface area contributed by atoms with E-state index in [9.17, 15) is 4.79 Å². The third-order valence-electron chi connectivity index (χ3n) is 5.27. The smallest absolute Gasteiger partial charge is 0.239 e. The van der Waals surface area contributed by atoms with Gasteiger partial charge in [0, 0.05) is 6.04 Å². The van der Waals surface area contributed by atoms with Crippen molar-refractivity contribution in [3.8, 4) is 0 Å². The van der Waals surface area contributed by atoms with E-state index in [1.54, 1.807) is 13.8 Å². The van der Waals surface area contributed by atoms with Crippen molar-refractivity contribution in [3.05, 3.63) is 0 Å². The van der Waals surface area contributed by atoms with Crippen LogP contribution in [0.4, 0.5) is 0 Å². The van der Waals surface area contributed by atoms with Crippen LogP contribution in [-0.4, -0.2) is 17.5 Å². The molecular weight excluding hydrogens is 212 g/mol. The monoisotopic (exact) mass is 236 g/mol. The minimum Gasteiger partial charge on any atom is -0.351 e. The number of nitrogens with two attached hydrogens (primary N) is 1. The molecule has 0 aliphatic heterocycles. The molecule has 3 N–H and O–H groups in total. The van der Waals surface area contributed by atoms with E-state index in [0.717, 1.165) is 11.8 Å². The fourth-order valence-electron chi connectivity index (χ4n) is 4.44. The van der Waals surface area contributed by atoms with Gasteiger partial charge in [-0.2, -0.15) is 0 Å². The normalized spacial score (nSPS) is 43.8. The second-order valence-corrected chi connectivity index (χ2v) is 7.25. The highest BCUT2D eigenvalue weighted by Crippen LogP contribution is 2.63. The molecule has 0 aromatic rings. The standard InChI is InChI=1S/C14H24N2O/c1-13(2,15)12(17)16-11-9-4-3-5-14(6-9)7-10(11)8-14/h9-11H,3-8,15H2,1-2H3,(H,16,17). The predicted molar refractivity (Wildman–Crippen MR) is 67.3 cm³/mol. The molecule has 4 fully saturated rings. The highest BCUT2D eigenvalue weighted by Gasteiger charge is 2.57. The molecule has 3 bridgehead atoms. The van der Waals surface area contributed by atoms with Gasteiger partial charge < -0.3 is 11.1 Å². The van der Waals surface area contributed by atoms with Gasteiger partial charge in [-0.05, 0) is 63.2 Å². The molecule has 4 rings (SSSR count). The summed E-state index contributed by atoms with van der Waals surface area (Å²) in [5.41, 5.74) is 5.81. The molecule has 4 saturated carbocycles. The van der Waals surface area contributed by atoms with Gasteiger partial charge in [-0.3, -0.25) is 4.79 Å². The van der Waals surface area contributed by atoms with Crippen molar-refractivity contribution in [1.82, 2.24) is 5.32 Å². The van der Waals surface area contributed by atoms with Gasteiger partial charge in [0.25, 0.3) is 0 Å². The van der Waals surface area contributed by atoms with Crippen LogP contribution in [0.1, 0.15) is 52.4 Å². The molecule has 3 heteroatoms. The summed E-state index contributed by atoms with van der Waals surface area (Å²) in [6.07, 6.45) is 8.13. The zero-order chi connectivity index (χ0) is 12.3. The van der Waals surface area contributed by atoms with Gasteiger partial charge in [0.05, 0.1) is 5.54 Å². The Balaban J connectivity index is 1.70. The van der Waals surface area contributed by atoms with Gasteiger partial charge in [-0.1, -0.05) is 6.42 Å². The van der Waals surface area contributed by atoms with Gasteiger partial charge in [0.15, 0.2) is 0 Å². The fourth-order valence-corrected chi connectivity index (χ4v) is 4.44. The lowest BCUT2D eigenvalue weighted by Crippen LogP contribution is -2.63. The van der Waals surface area contributed by atoms with Crippen molar-refractivity contribution >= 4 is 5.91 Å². The van der Waals surface area contributed by atoms with Crippen molar-refractivity contribution in [2.75, 3.05) is 0 Å². The van der Waals surface area contributed by atoms with E-state index in [4.69, 9.17) is 5.73 Å². The van der Waals surface area contributed by atoms with Crippen LogP contribution < -0.4 is 11.1 Å². The number of rotatable bonds is 2. The van der Waals surface area contributed by atoms with Crippen LogP contribution >= 0.6 is 0 Å². The first-order valence-corrected chi connectivity index (χ1v) is 7.00. The Bertz CT molecular complexity index is 339. The topological polar surface area (TPSA) is 55.1 Å². The number of hydrogen-bond acceptors (Lipinski definition) is 2. The predicted octanol–water partition coefficient (Wildman–Crippen LogP) is 1.81. The van der Waals surface area contributed by atoms with Gasteiger partial charge in [-0.15, -0.1) is 0 Å². The van der Waals surface area contributed by atoms with Crippen LogP contribution in [0, 0.1) is 17.3 Å². The van der Waals surface area contributed by atoms with E-state index in [1.165, 1.54) is 38.5 Å². The fraction of sp³-hybridized carbons (Fsp3) is 0.929. The lowest BCUT2D eigenvalue weighted by atomic mass is 9.45. The van der Waals surface area contributed by atoms with Crippen LogP contribution in [0.2, 0.25) is 0 Å². The summed E-state index contributed by atoms with van der Waals surface area (Å²) in [5.74, 6) is 1.48. The van der Waals surface area contributed by atoms with Gasteiger partial charge in [-0.25, -0.2) is 0 Å². The van der Waals surface area contributed by atoms with Crippen LogP contribution in [-0.2, 0) is 4.79 Å². The third kappa shape index (κ3) is 1.79. The van der Waals surface area contributed by atoms with E-state index < -0.39 is 5.54 Å². The molecule has 0 aromatic carbocycles. The molecule has 96 valence electrons. The molecule has 0 saturated heterocycles. The maximum absolute atomic E-state index is 12.0. The minimum absolute atomic E-state index is 0.0208.